The number of hydrogen-bond donors (Lipinski definition) is 0. The summed E-state index contributed by atoms with van der Waals surface area (Å²) in [7, 11) is 0. The number of ether oxygens (including phenoxy) is 1. The summed E-state index contributed by atoms with van der Waals surface area (Å²) < 4.78 is 7.02. The molecule has 0 radical (unpaired) electrons. The van der Waals surface area contributed by atoms with Crippen LogP contribution < -0.4 is 0 Å². The first-order valence-electron chi connectivity index (χ1n) is 7.44. The number of pyridine rings is 1. The van der Waals surface area contributed by atoms with E-state index in [-0.39, 0.29) is 6.61 Å². The molecular weight excluding hydrogens is 326 g/mol. The van der Waals surface area contributed by atoms with Crippen LogP contribution in [0.25, 0.3) is 5.82 Å². The van der Waals surface area contributed by atoms with Crippen LogP contribution in [-0.4, -0.2) is 20.7 Å². The first-order chi connectivity index (χ1) is 11.5. The van der Waals surface area contributed by atoms with Crippen LogP contribution in [0, 0.1) is 13.8 Å². The molecule has 0 unspecified atom stereocenters. The maximum absolute atomic E-state index is 12.1. The predicted molar refractivity (Wildman–Crippen MR) is 91.4 cm³/mol. The van der Waals surface area contributed by atoms with E-state index in [1.54, 1.807) is 28.9 Å². The van der Waals surface area contributed by atoms with E-state index < -0.39 is 5.97 Å². The summed E-state index contributed by atoms with van der Waals surface area (Å²) in [6.07, 6.45) is 1.50. The molecule has 1 aromatic carbocycles. The maximum Gasteiger partial charge on any atom is 0.340 e. The molecule has 24 heavy (non-hydrogen) atoms. The van der Waals surface area contributed by atoms with Gasteiger partial charge in [-0.1, -0.05) is 23.7 Å². The molecule has 0 atom stereocenters. The number of esters is 1. The second-order valence-corrected chi connectivity index (χ2v) is 5.88. The van der Waals surface area contributed by atoms with Gasteiger partial charge in [-0.2, -0.15) is 5.10 Å². The van der Waals surface area contributed by atoms with Crippen molar-refractivity contribution in [3.63, 3.8) is 0 Å². The number of aromatic nitrogens is 3. The fraction of sp³-hybridized carbons (Fsp3) is 0.167. The van der Waals surface area contributed by atoms with Crippen LogP contribution in [0.3, 0.4) is 0 Å². The van der Waals surface area contributed by atoms with E-state index in [1.807, 2.05) is 32.0 Å². The molecule has 0 aliphatic carbocycles. The van der Waals surface area contributed by atoms with E-state index in [4.69, 9.17) is 16.3 Å². The molecule has 5 nitrogen and oxygen atoms in total. The van der Waals surface area contributed by atoms with Crippen molar-refractivity contribution in [2.75, 3.05) is 0 Å². The molecule has 0 saturated heterocycles. The SMILES string of the molecule is Cc1cc(C)n(-c2ccc(C(=O)OCc3ccc(Cl)cc3)cn2)n1. The number of nitrogens with zero attached hydrogens (tertiary/aromatic N) is 3. The molecule has 0 fully saturated rings. The Labute approximate surface area is 144 Å². The van der Waals surface area contributed by atoms with E-state index >= 15 is 0 Å². The molecule has 0 amide bonds. The monoisotopic (exact) mass is 341 g/mol. The number of halogens is 1. The smallest absolute Gasteiger partial charge is 0.340 e. The second kappa shape index (κ2) is 6.84. The van der Waals surface area contributed by atoms with Gasteiger partial charge in [0.05, 0.1) is 11.3 Å². The third kappa shape index (κ3) is 3.63. The largest absolute Gasteiger partial charge is 0.457 e. The van der Waals surface area contributed by atoms with Crippen LogP contribution >= 0.6 is 11.6 Å². The van der Waals surface area contributed by atoms with Gasteiger partial charge in [0, 0.05) is 16.9 Å². The summed E-state index contributed by atoms with van der Waals surface area (Å²) in [5.41, 5.74) is 3.17. The van der Waals surface area contributed by atoms with Crippen LogP contribution in [0.1, 0.15) is 27.3 Å². The minimum absolute atomic E-state index is 0.190. The van der Waals surface area contributed by atoms with Crippen molar-refractivity contribution >= 4 is 17.6 Å². The molecule has 0 saturated carbocycles. The molecule has 122 valence electrons. The zero-order valence-corrected chi connectivity index (χ0v) is 14.1. The number of hydrogen-bond acceptors (Lipinski definition) is 4. The zero-order chi connectivity index (χ0) is 17.1. The maximum atomic E-state index is 12.1. The fourth-order valence-corrected chi connectivity index (χ4v) is 2.43. The number of rotatable bonds is 4. The minimum atomic E-state index is -0.419. The van der Waals surface area contributed by atoms with Gasteiger partial charge in [0.25, 0.3) is 0 Å². The topological polar surface area (TPSA) is 57.0 Å². The van der Waals surface area contributed by atoms with Gasteiger partial charge in [-0.25, -0.2) is 14.5 Å². The van der Waals surface area contributed by atoms with Gasteiger partial charge in [-0.05, 0) is 49.7 Å². The highest BCUT2D eigenvalue weighted by atomic mass is 35.5. The van der Waals surface area contributed by atoms with Gasteiger partial charge in [0.15, 0.2) is 5.82 Å². The van der Waals surface area contributed by atoms with E-state index in [9.17, 15) is 4.79 Å². The standard InChI is InChI=1S/C18H16ClN3O2/c1-12-9-13(2)22(21-12)17-8-5-15(10-20-17)18(23)24-11-14-3-6-16(19)7-4-14/h3-10H,11H2,1-2H3. The van der Waals surface area contributed by atoms with E-state index in [0.29, 0.717) is 16.4 Å². The Hall–Kier alpha value is -2.66. The summed E-state index contributed by atoms with van der Waals surface area (Å²) in [6, 6.07) is 12.6. The zero-order valence-electron chi connectivity index (χ0n) is 13.4. The van der Waals surface area contributed by atoms with Gasteiger partial charge in [-0.3, -0.25) is 0 Å². The van der Waals surface area contributed by atoms with E-state index in [1.165, 1.54) is 6.20 Å². The Balaban J connectivity index is 1.67. The molecule has 3 rings (SSSR count). The number of carbonyl (C=O) groups excluding carboxylic acids is 1. The molecular formula is C18H16ClN3O2. The summed E-state index contributed by atoms with van der Waals surface area (Å²) in [5, 5.41) is 5.01. The highest BCUT2D eigenvalue weighted by molar-refractivity contribution is 6.30. The van der Waals surface area contributed by atoms with Crippen molar-refractivity contribution in [3.8, 4) is 5.82 Å². The first kappa shape index (κ1) is 16.2. The molecule has 0 aliphatic heterocycles. The summed E-state index contributed by atoms with van der Waals surface area (Å²) in [4.78, 5) is 16.4. The van der Waals surface area contributed by atoms with Crippen molar-refractivity contribution in [3.05, 3.63) is 76.2 Å². The summed E-state index contributed by atoms with van der Waals surface area (Å²) in [5.74, 6) is 0.243. The van der Waals surface area contributed by atoms with Crippen molar-refractivity contribution in [2.45, 2.75) is 20.5 Å². The Morgan fingerprint density at radius 3 is 2.50 bits per heavy atom. The Morgan fingerprint density at radius 1 is 1.17 bits per heavy atom. The normalized spacial score (nSPS) is 10.6. The first-order valence-corrected chi connectivity index (χ1v) is 7.82. The van der Waals surface area contributed by atoms with Gasteiger partial charge >= 0.3 is 5.97 Å². The molecule has 0 aliphatic rings. The average molecular weight is 342 g/mol. The van der Waals surface area contributed by atoms with Gasteiger partial charge in [0.2, 0.25) is 0 Å². The molecule has 6 heteroatoms. The lowest BCUT2D eigenvalue weighted by Crippen LogP contribution is -2.07. The van der Waals surface area contributed by atoms with E-state index in [0.717, 1.165) is 17.0 Å². The Bertz CT molecular complexity index is 855. The number of benzene rings is 1. The number of aryl methyl sites for hydroxylation is 2. The van der Waals surface area contributed by atoms with Gasteiger partial charge < -0.3 is 4.74 Å². The lowest BCUT2D eigenvalue weighted by atomic mass is 10.2. The van der Waals surface area contributed by atoms with Crippen molar-refractivity contribution in [2.24, 2.45) is 0 Å². The highest BCUT2D eigenvalue weighted by Gasteiger charge is 2.10. The quantitative estimate of drug-likeness (QED) is 0.675. The van der Waals surface area contributed by atoms with Crippen LogP contribution in [0.15, 0.2) is 48.7 Å². The molecule has 0 N–H and O–H groups in total. The third-order valence-electron chi connectivity index (χ3n) is 3.49. The lowest BCUT2D eigenvalue weighted by Gasteiger charge is -2.06. The molecule has 2 heterocycles. The van der Waals surface area contributed by atoms with Gasteiger partial charge in [-0.15, -0.1) is 0 Å². The molecule has 0 spiro atoms. The Kier molecular flexibility index (Phi) is 4.62. The van der Waals surface area contributed by atoms with E-state index in [2.05, 4.69) is 10.1 Å². The summed E-state index contributed by atoms with van der Waals surface area (Å²) in [6.45, 7) is 4.07. The van der Waals surface area contributed by atoms with Gasteiger partial charge in [0.1, 0.15) is 6.61 Å². The van der Waals surface area contributed by atoms with Crippen LogP contribution in [-0.2, 0) is 11.3 Å². The average Bonchev–Trinajstić information content (AvgIpc) is 2.92. The summed E-state index contributed by atoms with van der Waals surface area (Å²) >= 11 is 5.83. The molecule has 2 aromatic heterocycles. The lowest BCUT2D eigenvalue weighted by molar-refractivity contribution is 0.0472. The third-order valence-corrected chi connectivity index (χ3v) is 3.75. The second-order valence-electron chi connectivity index (χ2n) is 5.45. The number of carbonyl (C=O) groups is 1. The predicted octanol–water partition coefficient (Wildman–Crippen LogP) is 3.89. The fourth-order valence-electron chi connectivity index (χ4n) is 2.31. The molecule has 0 bridgehead atoms. The van der Waals surface area contributed by atoms with Crippen LogP contribution in [0.2, 0.25) is 5.02 Å². The van der Waals surface area contributed by atoms with Crippen LogP contribution in [0.4, 0.5) is 0 Å². The van der Waals surface area contributed by atoms with Crippen molar-refractivity contribution in [1.29, 1.82) is 0 Å². The highest BCUT2D eigenvalue weighted by Crippen LogP contribution is 2.13. The minimum Gasteiger partial charge on any atom is -0.457 e. The van der Waals surface area contributed by atoms with Crippen LogP contribution in [0.5, 0.6) is 0 Å². The van der Waals surface area contributed by atoms with Crippen molar-refractivity contribution in [1.82, 2.24) is 14.8 Å². The Morgan fingerprint density at radius 2 is 1.92 bits per heavy atom. The molecule has 3 aromatic rings. The van der Waals surface area contributed by atoms with Crippen molar-refractivity contribution < 1.29 is 9.53 Å².